The first-order valence-electron chi connectivity index (χ1n) is 5.92. The van der Waals surface area contributed by atoms with Crippen molar-refractivity contribution in [1.29, 1.82) is 0 Å². The molecule has 1 heterocycles. The zero-order chi connectivity index (χ0) is 12.5. The standard InChI is InChI=1S/C11H18N2O3S/c12-9(17)11(2-1-3-11)10(15)13-4-5-16-8(6-13)7-14/h8,14H,1-7H2,(H2,12,17). The van der Waals surface area contributed by atoms with Gasteiger partial charge in [-0.25, -0.2) is 0 Å². The smallest absolute Gasteiger partial charge is 0.235 e. The molecule has 1 saturated heterocycles. The molecule has 1 amide bonds. The lowest BCUT2D eigenvalue weighted by Crippen LogP contribution is -2.58. The lowest BCUT2D eigenvalue weighted by atomic mass is 9.67. The fourth-order valence-corrected chi connectivity index (χ4v) is 2.70. The summed E-state index contributed by atoms with van der Waals surface area (Å²) < 4.78 is 5.32. The summed E-state index contributed by atoms with van der Waals surface area (Å²) in [6, 6.07) is 0. The number of ether oxygens (including phenoxy) is 1. The predicted octanol–water partition coefficient (Wildman–Crippen LogP) is -0.338. The summed E-state index contributed by atoms with van der Waals surface area (Å²) in [5, 5.41) is 9.06. The maximum absolute atomic E-state index is 12.4. The number of rotatable bonds is 3. The highest BCUT2D eigenvalue weighted by Gasteiger charge is 2.49. The molecule has 5 nitrogen and oxygen atoms in total. The third-order valence-corrected chi connectivity index (χ3v) is 4.11. The van der Waals surface area contributed by atoms with E-state index < -0.39 is 5.41 Å². The van der Waals surface area contributed by atoms with Crippen LogP contribution in [-0.2, 0) is 9.53 Å². The molecule has 0 aromatic heterocycles. The Balaban J connectivity index is 2.06. The van der Waals surface area contributed by atoms with Gasteiger partial charge < -0.3 is 20.5 Å². The van der Waals surface area contributed by atoms with Gasteiger partial charge in [0, 0.05) is 13.1 Å². The first kappa shape index (κ1) is 12.7. The average Bonchev–Trinajstić information content (AvgIpc) is 2.27. The number of carbonyl (C=O) groups is 1. The van der Waals surface area contributed by atoms with Crippen molar-refractivity contribution >= 4 is 23.1 Å². The largest absolute Gasteiger partial charge is 0.394 e. The molecular weight excluding hydrogens is 240 g/mol. The van der Waals surface area contributed by atoms with Crippen LogP contribution in [0.25, 0.3) is 0 Å². The first-order valence-corrected chi connectivity index (χ1v) is 6.33. The number of amides is 1. The van der Waals surface area contributed by atoms with E-state index in [9.17, 15) is 4.79 Å². The predicted molar refractivity (Wildman–Crippen MR) is 66.5 cm³/mol. The second kappa shape index (κ2) is 4.88. The van der Waals surface area contributed by atoms with Crippen molar-refractivity contribution < 1.29 is 14.6 Å². The Morgan fingerprint density at radius 2 is 2.29 bits per heavy atom. The van der Waals surface area contributed by atoms with E-state index in [1.54, 1.807) is 4.90 Å². The van der Waals surface area contributed by atoms with Gasteiger partial charge in [0.25, 0.3) is 0 Å². The van der Waals surface area contributed by atoms with Crippen LogP contribution < -0.4 is 5.73 Å². The summed E-state index contributed by atoms with van der Waals surface area (Å²) in [5.41, 5.74) is 5.09. The van der Waals surface area contributed by atoms with Crippen molar-refractivity contribution in [3.8, 4) is 0 Å². The Morgan fingerprint density at radius 3 is 2.76 bits per heavy atom. The second-order valence-corrected chi connectivity index (χ2v) is 5.17. The van der Waals surface area contributed by atoms with Crippen LogP contribution in [-0.4, -0.2) is 53.3 Å². The summed E-state index contributed by atoms with van der Waals surface area (Å²) >= 11 is 5.03. The van der Waals surface area contributed by atoms with Crippen LogP contribution in [0.3, 0.4) is 0 Å². The summed E-state index contributed by atoms with van der Waals surface area (Å²) in [6.07, 6.45) is 2.22. The number of hydrogen-bond donors (Lipinski definition) is 2. The fraction of sp³-hybridized carbons (Fsp3) is 0.818. The topological polar surface area (TPSA) is 75.8 Å². The highest BCUT2D eigenvalue weighted by atomic mass is 32.1. The van der Waals surface area contributed by atoms with Gasteiger partial charge in [0.15, 0.2) is 0 Å². The maximum Gasteiger partial charge on any atom is 0.235 e. The lowest BCUT2D eigenvalue weighted by molar-refractivity contribution is -0.150. The van der Waals surface area contributed by atoms with Crippen LogP contribution in [0.5, 0.6) is 0 Å². The van der Waals surface area contributed by atoms with Crippen LogP contribution in [0.15, 0.2) is 0 Å². The highest BCUT2D eigenvalue weighted by Crippen LogP contribution is 2.43. The molecule has 0 bridgehead atoms. The van der Waals surface area contributed by atoms with Crippen molar-refractivity contribution in [2.45, 2.75) is 25.4 Å². The van der Waals surface area contributed by atoms with Gasteiger partial charge in [-0.15, -0.1) is 0 Å². The van der Waals surface area contributed by atoms with E-state index in [1.807, 2.05) is 0 Å². The van der Waals surface area contributed by atoms with Crippen molar-refractivity contribution in [1.82, 2.24) is 4.90 Å². The van der Waals surface area contributed by atoms with Gasteiger partial charge in [-0.2, -0.15) is 0 Å². The van der Waals surface area contributed by atoms with Crippen LogP contribution in [0.4, 0.5) is 0 Å². The molecule has 1 unspecified atom stereocenters. The minimum atomic E-state index is -0.618. The number of nitrogens with zero attached hydrogens (tertiary/aromatic N) is 1. The van der Waals surface area contributed by atoms with E-state index in [0.29, 0.717) is 24.7 Å². The van der Waals surface area contributed by atoms with Gasteiger partial charge in [-0.3, -0.25) is 4.79 Å². The monoisotopic (exact) mass is 258 g/mol. The van der Waals surface area contributed by atoms with Crippen LogP contribution in [0.2, 0.25) is 0 Å². The molecule has 2 fully saturated rings. The average molecular weight is 258 g/mol. The Hall–Kier alpha value is -0.720. The molecule has 96 valence electrons. The van der Waals surface area contributed by atoms with E-state index >= 15 is 0 Å². The van der Waals surface area contributed by atoms with E-state index in [1.165, 1.54) is 0 Å². The summed E-state index contributed by atoms with van der Waals surface area (Å²) in [5.74, 6) is 0.0120. The molecule has 0 spiro atoms. The normalized spacial score (nSPS) is 27.4. The molecule has 6 heteroatoms. The van der Waals surface area contributed by atoms with Crippen LogP contribution in [0.1, 0.15) is 19.3 Å². The Bertz CT molecular complexity index is 331. The maximum atomic E-state index is 12.4. The van der Waals surface area contributed by atoms with Gasteiger partial charge in [0.05, 0.1) is 29.7 Å². The Morgan fingerprint density at radius 1 is 1.59 bits per heavy atom. The van der Waals surface area contributed by atoms with Gasteiger partial charge in [0.1, 0.15) is 0 Å². The molecule has 2 aliphatic rings. The van der Waals surface area contributed by atoms with Gasteiger partial charge in [-0.05, 0) is 12.8 Å². The number of hydrogen-bond acceptors (Lipinski definition) is 4. The molecular formula is C11H18N2O3S. The van der Waals surface area contributed by atoms with Gasteiger partial charge in [-0.1, -0.05) is 18.6 Å². The molecule has 2 rings (SSSR count). The third-order valence-electron chi connectivity index (χ3n) is 3.72. The first-order chi connectivity index (χ1) is 8.10. The molecule has 1 saturated carbocycles. The number of nitrogens with two attached hydrogens (primary N) is 1. The zero-order valence-corrected chi connectivity index (χ0v) is 10.5. The highest BCUT2D eigenvalue weighted by molar-refractivity contribution is 7.80. The molecule has 17 heavy (non-hydrogen) atoms. The molecule has 1 aliphatic heterocycles. The molecule has 1 atom stereocenters. The summed E-state index contributed by atoms with van der Waals surface area (Å²) in [4.78, 5) is 14.5. The minimum absolute atomic E-state index is 0.0120. The van der Waals surface area contributed by atoms with Crippen molar-refractivity contribution in [2.75, 3.05) is 26.3 Å². The molecule has 0 aromatic rings. The van der Waals surface area contributed by atoms with Gasteiger partial charge >= 0.3 is 0 Å². The van der Waals surface area contributed by atoms with Crippen molar-refractivity contribution in [3.05, 3.63) is 0 Å². The number of thiocarbonyl (C=S) groups is 1. The van der Waals surface area contributed by atoms with Gasteiger partial charge in [0.2, 0.25) is 5.91 Å². The quantitative estimate of drug-likeness (QED) is 0.678. The lowest BCUT2D eigenvalue weighted by Gasteiger charge is -2.44. The number of aliphatic hydroxyl groups excluding tert-OH is 1. The summed E-state index contributed by atoms with van der Waals surface area (Å²) in [6.45, 7) is 1.38. The van der Waals surface area contributed by atoms with E-state index in [4.69, 9.17) is 27.8 Å². The van der Waals surface area contributed by atoms with E-state index in [-0.39, 0.29) is 18.6 Å². The van der Waals surface area contributed by atoms with Crippen LogP contribution >= 0.6 is 12.2 Å². The number of morpholine rings is 1. The zero-order valence-electron chi connectivity index (χ0n) is 9.72. The van der Waals surface area contributed by atoms with E-state index in [2.05, 4.69) is 0 Å². The molecule has 0 aromatic carbocycles. The van der Waals surface area contributed by atoms with Crippen molar-refractivity contribution in [3.63, 3.8) is 0 Å². The fourth-order valence-electron chi connectivity index (χ4n) is 2.41. The second-order valence-electron chi connectivity index (χ2n) is 4.73. The molecule has 0 radical (unpaired) electrons. The Labute approximate surface area is 106 Å². The number of aliphatic hydroxyl groups is 1. The Kier molecular flexibility index (Phi) is 3.65. The minimum Gasteiger partial charge on any atom is -0.394 e. The summed E-state index contributed by atoms with van der Waals surface area (Å²) in [7, 11) is 0. The molecule has 1 aliphatic carbocycles. The van der Waals surface area contributed by atoms with Crippen molar-refractivity contribution in [2.24, 2.45) is 11.1 Å². The molecule has 3 N–H and O–H groups in total. The van der Waals surface area contributed by atoms with Crippen LogP contribution in [0, 0.1) is 5.41 Å². The number of carbonyl (C=O) groups excluding carboxylic acids is 1. The SMILES string of the molecule is NC(=S)C1(C(=O)N2CCOC(CO)C2)CCC1. The van der Waals surface area contributed by atoms with E-state index in [0.717, 1.165) is 19.3 Å². The third kappa shape index (κ3) is 2.17.